The predicted molar refractivity (Wildman–Crippen MR) is 68.5 cm³/mol. The molecule has 0 saturated carbocycles. The van der Waals surface area contributed by atoms with Crippen LogP contribution >= 0.6 is 0 Å². The fourth-order valence-corrected chi connectivity index (χ4v) is 3.29. The third-order valence-electron chi connectivity index (χ3n) is 4.52. The predicted octanol–water partition coefficient (Wildman–Crippen LogP) is 1.28. The molecule has 16 heavy (non-hydrogen) atoms. The molecule has 0 aromatic heterocycles. The topological polar surface area (TPSA) is 32.5 Å². The van der Waals surface area contributed by atoms with Gasteiger partial charge in [0.2, 0.25) is 0 Å². The lowest BCUT2D eigenvalue weighted by Crippen LogP contribution is -2.57. The first-order valence-corrected chi connectivity index (χ1v) is 6.75. The second-order valence-electron chi connectivity index (χ2n) is 5.98. The summed E-state index contributed by atoms with van der Waals surface area (Å²) in [6.07, 6.45) is 6.58. The first kappa shape index (κ1) is 12.3. The number of nitrogens with zero attached hydrogens (tertiary/aromatic N) is 2. The van der Waals surface area contributed by atoms with Gasteiger partial charge in [-0.1, -0.05) is 6.42 Å². The summed E-state index contributed by atoms with van der Waals surface area (Å²) >= 11 is 0. The molecule has 94 valence electrons. The van der Waals surface area contributed by atoms with Crippen molar-refractivity contribution in [1.29, 1.82) is 0 Å². The average molecular weight is 225 g/mol. The van der Waals surface area contributed by atoms with Gasteiger partial charge in [0.05, 0.1) is 0 Å². The highest BCUT2D eigenvalue weighted by Crippen LogP contribution is 2.33. The quantitative estimate of drug-likeness (QED) is 0.785. The molecular formula is C13H27N3. The van der Waals surface area contributed by atoms with Crippen molar-refractivity contribution in [2.24, 2.45) is 5.73 Å². The molecule has 0 aliphatic carbocycles. The lowest BCUT2D eigenvalue weighted by atomic mass is 9.82. The Bertz CT molecular complexity index is 215. The van der Waals surface area contributed by atoms with Gasteiger partial charge < -0.3 is 10.6 Å². The second kappa shape index (κ2) is 5.03. The molecule has 0 aromatic carbocycles. The van der Waals surface area contributed by atoms with Crippen LogP contribution in [0.4, 0.5) is 0 Å². The van der Waals surface area contributed by atoms with E-state index >= 15 is 0 Å². The van der Waals surface area contributed by atoms with E-state index in [1.165, 1.54) is 38.6 Å². The largest absolute Gasteiger partial charge is 0.328 e. The SMILES string of the molecule is CC(CN1C2CCCC1CC(N)C2)N(C)C. The summed E-state index contributed by atoms with van der Waals surface area (Å²) in [5.41, 5.74) is 6.14. The van der Waals surface area contributed by atoms with E-state index in [0.717, 1.165) is 12.1 Å². The Labute approximate surface area is 100.0 Å². The van der Waals surface area contributed by atoms with Gasteiger partial charge in [0, 0.05) is 30.7 Å². The maximum atomic E-state index is 6.14. The van der Waals surface area contributed by atoms with Gasteiger partial charge in [-0.15, -0.1) is 0 Å². The molecule has 3 unspecified atom stereocenters. The lowest BCUT2D eigenvalue weighted by Gasteiger charge is -2.49. The fraction of sp³-hybridized carbons (Fsp3) is 1.00. The Kier molecular flexibility index (Phi) is 3.88. The molecule has 3 heteroatoms. The normalized spacial score (nSPS) is 37.7. The van der Waals surface area contributed by atoms with Crippen LogP contribution in [0.3, 0.4) is 0 Å². The van der Waals surface area contributed by atoms with Crippen molar-refractivity contribution in [3.63, 3.8) is 0 Å². The molecule has 2 N–H and O–H groups in total. The first-order chi connectivity index (χ1) is 7.58. The van der Waals surface area contributed by atoms with E-state index in [1.807, 2.05) is 0 Å². The molecule has 2 heterocycles. The number of likely N-dealkylation sites (N-methyl/N-ethyl adjacent to an activating group) is 1. The van der Waals surface area contributed by atoms with E-state index in [0.29, 0.717) is 12.1 Å². The minimum atomic E-state index is 0.459. The Hall–Kier alpha value is -0.120. The van der Waals surface area contributed by atoms with Gasteiger partial charge in [-0.25, -0.2) is 0 Å². The molecule has 2 rings (SSSR count). The lowest BCUT2D eigenvalue weighted by molar-refractivity contribution is 0.0154. The maximum absolute atomic E-state index is 6.14. The fourth-order valence-electron chi connectivity index (χ4n) is 3.29. The number of hydrogen-bond donors (Lipinski definition) is 1. The second-order valence-corrected chi connectivity index (χ2v) is 5.98. The summed E-state index contributed by atoms with van der Waals surface area (Å²) in [5.74, 6) is 0. The molecule has 0 amide bonds. The third-order valence-corrected chi connectivity index (χ3v) is 4.52. The molecule has 2 fully saturated rings. The molecule has 0 spiro atoms. The molecule has 2 bridgehead atoms. The molecule has 3 atom stereocenters. The Morgan fingerprint density at radius 2 is 1.81 bits per heavy atom. The molecule has 2 aliphatic heterocycles. The summed E-state index contributed by atoms with van der Waals surface area (Å²) < 4.78 is 0. The van der Waals surface area contributed by atoms with E-state index in [9.17, 15) is 0 Å². The van der Waals surface area contributed by atoms with Crippen LogP contribution in [0.25, 0.3) is 0 Å². The minimum Gasteiger partial charge on any atom is -0.328 e. The molecule has 0 radical (unpaired) electrons. The van der Waals surface area contributed by atoms with Crippen molar-refractivity contribution < 1.29 is 0 Å². The highest BCUT2D eigenvalue weighted by atomic mass is 15.2. The van der Waals surface area contributed by atoms with Gasteiger partial charge in [0.1, 0.15) is 0 Å². The van der Waals surface area contributed by atoms with Crippen molar-refractivity contribution in [2.45, 2.75) is 63.2 Å². The highest BCUT2D eigenvalue weighted by Gasteiger charge is 2.37. The van der Waals surface area contributed by atoms with Gasteiger partial charge in [-0.2, -0.15) is 0 Å². The van der Waals surface area contributed by atoms with Crippen molar-refractivity contribution in [1.82, 2.24) is 9.80 Å². The van der Waals surface area contributed by atoms with Gasteiger partial charge in [-0.05, 0) is 46.7 Å². The van der Waals surface area contributed by atoms with E-state index in [1.54, 1.807) is 0 Å². The standard InChI is InChI=1S/C13H27N3/c1-10(15(2)3)9-16-12-5-4-6-13(16)8-11(14)7-12/h10-13H,4-9,14H2,1-3H3. The summed E-state index contributed by atoms with van der Waals surface area (Å²) in [5, 5.41) is 0. The van der Waals surface area contributed by atoms with E-state index < -0.39 is 0 Å². The van der Waals surface area contributed by atoms with Crippen LogP contribution in [0.5, 0.6) is 0 Å². The highest BCUT2D eigenvalue weighted by molar-refractivity contribution is 4.94. The van der Waals surface area contributed by atoms with Crippen LogP contribution in [0.1, 0.15) is 39.0 Å². The van der Waals surface area contributed by atoms with Crippen LogP contribution < -0.4 is 5.73 Å². The van der Waals surface area contributed by atoms with Crippen molar-refractivity contribution >= 4 is 0 Å². The zero-order chi connectivity index (χ0) is 11.7. The van der Waals surface area contributed by atoms with Crippen LogP contribution in [0, 0.1) is 0 Å². The van der Waals surface area contributed by atoms with Crippen molar-refractivity contribution in [3.8, 4) is 0 Å². The minimum absolute atomic E-state index is 0.459. The first-order valence-electron chi connectivity index (χ1n) is 6.75. The number of fused-ring (bicyclic) bond motifs is 2. The molecule has 3 nitrogen and oxygen atoms in total. The van der Waals surface area contributed by atoms with Crippen molar-refractivity contribution in [3.05, 3.63) is 0 Å². The molecular weight excluding hydrogens is 198 g/mol. The number of hydrogen-bond acceptors (Lipinski definition) is 3. The summed E-state index contributed by atoms with van der Waals surface area (Å²) in [6, 6.07) is 2.65. The van der Waals surface area contributed by atoms with E-state index in [2.05, 4.69) is 30.8 Å². The van der Waals surface area contributed by atoms with Gasteiger partial charge >= 0.3 is 0 Å². The molecule has 2 saturated heterocycles. The van der Waals surface area contributed by atoms with Gasteiger partial charge in [0.15, 0.2) is 0 Å². The maximum Gasteiger partial charge on any atom is 0.0189 e. The van der Waals surface area contributed by atoms with Crippen LogP contribution in [-0.2, 0) is 0 Å². The number of rotatable bonds is 3. The number of piperidine rings is 2. The zero-order valence-electron chi connectivity index (χ0n) is 11.0. The molecule has 2 aliphatic rings. The molecule has 0 aromatic rings. The summed E-state index contributed by atoms with van der Waals surface area (Å²) in [4.78, 5) is 5.07. The zero-order valence-corrected chi connectivity index (χ0v) is 11.0. The monoisotopic (exact) mass is 225 g/mol. The van der Waals surface area contributed by atoms with E-state index in [4.69, 9.17) is 5.73 Å². The summed E-state index contributed by atoms with van der Waals surface area (Å²) in [7, 11) is 4.35. The van der Waals surface area contributed by atoms with Gasteiger partial charge in [-0.3, -0.25) is 4.90 Å². The summed E-state index contributed by atoms with van der Waals surface area (Å²) in [6.45, 7) is 3.54. The van der Waals surface area contributed by atoms with Crippen LogP contribution in [-0.4, -0.2) is 54.6 Å². The Morgan fingerprint density at radius 3 is 2.31 bits per heavy atom. The van der Waals surface area contributed by atoms with Crippen LogP contribution in [0.2, 0.25) is 0 Å². The average Bonchev–Trinajstić information content (AvgIpc) is 2.19. The Balaban J connectivity index is 1.98. The number of nitrogens with two attached hydrogens (primary N) is 1. The third kappa shape index (κ3) is 2.58. The van der Waals surface area contributed by atoms with Crippen LogP contribution in [0.15, 0.2) is 0 Å². The smallest absolute Gasteiger partial charge is 0.0189 e. The van der Waals surface area contributed by atoms with E-state index in [-0.39, 0.29) is 0 Å². The van der Waals surface area contributed by atoms with Crippen molar-refractivity contribution in [2.75, 3.05) is 20.6 Å². The van der Waals surface area contributed by atoms with Gasteiger partial charge in [0.25, 0.3) is 0 Å². The Morgan fingerprint density at radius 1 is 1.25 bits per heavy atom.